The van der Waals surface area contributed by atoms with Crippen molar-refractivity contribution < 1.29 is 33.6 Å². The van der Waals surface area contributed by atoms with Crippen molar-refractivity contribution in [3.8, 4) is 0 Å². The third-order valence-corrected chi connectivity index (χ3v) is 23.2. The van der Waals surface area contributed by atoms with Crippen LogP contribution >= 0.6 is 34.8 Å². The molecule has 6 heterocycles. The van der Waals surface area contributed by atoms with Gasteiger partial charge in [0.15, 0.2) is 0 Å². The Kier molecular flexibility index (Phi) is 29.6. The molecule has 618 valence electrons. The molecule has 0 aliphatic carbocycles. The van der Waals surface area contributed by atoms with E-state index < -0.39 is 23.4 Å². The summed E-state index contributed by atoms with van der Waals surface area (Å²) in [6, 6.07) is 75.1. The van der Waals surface area contributed by atoms with Gasteiger partial charge in [-0.1, -0.05) is 235 Å². The summed E-state index contributed by atoms with van der Waals surface area (Å²) in [7, 11) is 4.96. The van der Waals surface area contributed by atoms with Gasteiger partial charge in [0.25, 0.3) is 41.1 Å². The highest BCUT2D eigenvalue weighted by molar-refractivity contribution is 6.46. The van der Waals surface area contributed by atoms with Gasteiger partial charge >= 0.3 is 0 Å². The summed E-state index contributed by atoms with van der Waals surface area (Å²) in [6.45, 7) is 24.3. The lowest BCUT2D eigenvalue weighted by Gasteiger charge is -2.43. The Bertz CT molecular complexity index is 5500. The number of rotatable bonds is 22. The lowest BCUT2D eigenvalue weighted by Crippen LogP contribution is -2.54. The minimum atomic E-state index is -0.718. The van der Waals surface area contributed by atoms with Crippen molar-refractivity contribution in [1.29, 1.82) is 0 Å². The number of aromatic nitrogens is 3. The zero-order chi connectivity index (χ0) is 85.3. The summed E-state index contributed by atoms with van der Waals surface area (Å²) in [6.07, 6.45) is 9.67. The maximum Gasteiger partial charge on any atom is 0.295 e. The number of nitrogens with two attached hydrogens (primary N) is 1. The third-order valence-electron chi connectivity index (χ3n) is 22.3. The maximum absolute atomic E-state index is 13.9. The Morgan fingerprint density at radius 3 is 1.12 bits per heavy atom. The molecule has 0 radical (unpaired) electrons. The van der Waals surface area contributed by atoms with E-state index >= 15 is 0 Å². The number of aromatic amines is 2. The van der Waals surface area contributed by atoms with Crippen molar-refractivity contribution in [1.82, 2.24) is 59.2 Å². The molecule has 0 saturated carbocycles. The van der Waals surface area contributed by atoms with Crippen LogP contribution in [0.1, 0.15) is 124 Å². The van der Waals surface area contributed by atoms with Crippen molar-refractivity contribution in [2.45, 2.75) is 57.0 Å². The number of nitrogen functional groups attached to an aromatic ring is 1. The number of benzene rings is 9. The molecule has 0 bridgehead atoms. The van der Waals surface area contributed by atoms with Crippen LogP contribution in [-0.4, -0.2) is 213 Å². The minimum absolute atomic E-state index is 0.00113. The van der Waals surface area contributed by atoms with E-state index in [1.807, 2.05) is 115 Å². The highest BCUT2D eigenvalue weighted by Gasteiger charge is 2.39. The maximum atomic E-state index is 13.9. The van der Waals surface area contributed by atoms with Gasteiger partial charge in [-0.25, -0.2) is 0 Å². The van der Waals surface area contributed by atoms with Crippen molar-refractivity contribution in [2.24, 2.45) is 0 Å². The van der Waals surface area contributed by atoms with Crippen molar-refractivity contribution in [3.63, 3.8) is 0 Å². The number of Topliss-reactive ketones (excluding diaryl/α,β-unsaturated/α-hetero) is 2. The number of hydrogen-bond donors (Lipinski definition) is 4. The second-order valence-corrected chi connectivity index (χ2v) is 31.7. The normalized spacial score (nSPS) is 15.7. The number of fused-ring (bicyclic) bond motifs is 3. The fraction of sp³-hybridized carbons (Fsp3) is 0.247. The first kappa shape index (κ1) is 87.3. The van der Waals surface area contributed by atoms with Crippen LogP contribution < -0.4 is 11.2 Å². The van der Waals surface area contributed by atoms with E-state index in [2.05, 4.69) is 190 Å². The molecule has 15 rings (SSSR count). The SMILES string of the molecule is C=CCN(C)C(=O)C(=O)c1c[nH]c2cc(Cl)c(C(=O)N3CCN(C(c4ccccc4)c4ccccc4)C[C@H]3C)cc12.C=CCN(C)C(=O)C(=O)c1cn(N)c2cc(Cl)c(C(=O)N3CCN(C(c4ccccc4)c4ccccc4)C[C@H]3C)cc12.C=CCNC.C[C@@H]1CN(C(c2ccccc2)c2ccccc2)CCN1C(=O)c1cc2cc[nH]c2cc1Cl. The number of ketones is 2. The number of likely N-dealkylation sites (N-methyl/N-ethyl adjacent to an activating group) is 3. The number of piperazine rings is 3. The van der Waals surface area contributed by atoms with Gasteiger partial charge in [0, 0.05) is 157 Å². The lowest BCUT2D eigenvalue weighted by atomic mass is 9.95. The molecule has 5 N–H and O–H groups in total. The molecule has 23 heteroatoms. The van der Waals surface area contributed by atoms with E-state index in [-0.39, 0.29) is 88.8 Å². The first-order valence-corrected chi connectivity index (χ1v) is 41.4. The van der Waals surface area contributed by atoms with Crippen molar-refractivity contribution >= 4 is 109 Å². The zero-order valence-corrected chi connectivity index (χ0v) is 70.8. The Hall–Kier alpha value is -12.0. The van der Waals surface area contributed by atoms with E-state index in [0.717, 1.165) is 30.5 Å². The molecular formula is C97H102Cl3N13O7. The smallest absolute Gasteiger partial charge is 0.295 e. The first-order chi connectivity index (χ1) is 58.0. The lowest BCUT2D eigenvalue weighted by molar-refractivity contribution is -0.125. The number of amides is 5. The summed E-state index contributed by atoms with van der Waals surface area (Å²) >= 11 is 19.7. The summed E-state index contributed by atoms with van der Waals surface area (Å²) in [4.78, 5) is 114. The molecule has 120 heavy (non-hydrogen) atoms. The van der Waals surface area contributed by atoms with Crippen LogP contribution in [0.2, 0.25) is 15.1 Å². The van der Waals surface area contributed by atoms with Crippen LogP contribution in [0.3, 0.4) is 0 Å². The predicted molar refractivity (Wildman–Crippen MR) is 483 cm³/mol. The molecule has 0 unspecified atom stereocenters. The number of nitrogens with zero attached hydrogens (tertiary/aromatic N) is 9. The van der Waals surface area contributed by atoms with Crippen LogP contribution in [0.25, 0.3) is 32.7 Å². The quantitative estimate of drug-likeness (QED) is 0.0215. The average Bonchev–Trinajstić information content (AvgIpc) is 1.55. The highest BCUT2D eigenvalue weighted by Crippen LogP contribution is 2.38. The topological polar surface area (TPSA) is 220 Å². The number of hydrogen-bond acceptors (Lipinski definition) is 12. The van der Waals surface area contributed by atoms with E-state index in [1.165, 1.54) is 73.4 Å². The Morgan fingerprint density at radius 2 is 0.783 bits per heavy atom. The minimum Gasteiger partial charge on any atom is -0.361 e. The highest BCUT2D eigenvalue weighted by atomic mass is 35.5. The van der Waals surface area contributed by atoms with Crippen LogP contribution in [-0.2, 0) is 9.59 Å². The average molecular weight is 1670 g/mol. The summed E-state index contributed by atoms with van der Waals surface area (Å²) < 4.78 is 1.25. The van der Waals surface area contributed by atoms with Gasteiger partial charge < -0.3 is 45.6 Å². The van der Waals surface area contributed by atoms with Gasteiger partial charge in [0.05, 0.1) is 66.5 Å². The molecule has 3 aliphatic heterocycles. The van der Waals surface area contributed by atoms with Crippen LogP contribution in [0.4, 0.5) is 0 Å². The van der Waals surface area contributed by atoms with Crippen LogP contribution in [0.15, 0.2) is 281 Å². The molecule has 3 aliphatic rings. The van der Waals surface area contributed by atoms with Gasteiger partial charge in [-0.3, -0.25) is 52.9 Å². The molecule has 3 saturated heterocycles. The van der Waals surface area contributed by atoms with Crippen molar-refractivity contribution in [2.75, 3.05) is 106 Å². The second kappa shape index (κ2) is 40.7. The van der Waals surface area contributed by atoms with Crippen LogP contribution in [0, 0.1) is 0 Å². The molecule has 3 aromatic heterocycles. The molecule has 0 spiro atoms. The largest absolute Gasteiger partial charge is 0.361 e. The second-order valence-electron chi connectivity index (χ2n) is 30.4. The number of nitrogens with one attached hydrogen (secondary N) is 3. The fourth-order valence-corrected chi connectivity index (χ4v) is 17.0. The fourth-order valence-electron chi connectivity index (χ4n) is 16.3. The van der Waals surface area contributed by atoms with Gasteiger partial charge in [0.1, 0.15) is 0 Å². The van der Waals surface area contributed by atoms with Gasteiger partial charge in [-0.05, 0) is 104 Å². The van der Waals surface area contributed by atoms with Gasteiger partial charge in [-0.15, -0.1) is 19.7 Å². The first-order valence-electron chi connectivity index (χ1n) is 40.2. The zero-order valence-electron chi connectivity index (χ0n) is 68.5. The van der Waals surface area contributed by atoms with Crippen molar-refractivity contribution in [3.05, 3.63) is 357 Å². The summed E-state index contributed by atoms with van der Waals surface area (Å²) in [5.41, 5.74) is 10.8. The number of carbonyl (C=O) groups is 7. The molecule has 9 aromatic carbocycles. The van der Waals surface area contributed by atoms with Gasteiger partial charge in [0.2, 0.25) is 0 Å². The summed E-state index contributed by atoms with van der Waals surface area (Å²) in [5.74, 6) is 2.97. The molecule has 3 atom stereocenters. The molecule has 5 amide bonds. The molecule has 20 nitrogen and oxygen atoms in total. The number of carbonyl (C=O) groups excluding carboxylic acids is 7. The van der Waals surface area contributed by atoms with E-state index in [4.69, 9.17) is 40.6 Å². The Labute approximate surface area is 716 Å². The third kappa shape index (κ3) is 20.0. The van der Waals surface area contributed by atoms with E-state index in [9.17, 15) is 33.6 Å². The van der Waals surface area contributed by atoms with Crippen LogP contribution in [0.5, 0.6) is 0 Å². The van der Waals surface area contributed by atoms with E-state index in [0.29, 0.717) is 88.8 Å². The number of halogens is 3. The van der Waals surface area contributed by atoms with E-state index in [1.54, 1.807) is 37.4 Å². The summed E-state index contributed by atoms with van der Waals surface area (Å²) in [5, 5.41) is 5.80. The molecule has 12 aromatic rings. The van der Waals surface area contributed by atoms with Gasteiger partial charge in [-0.2, -0.15) is 0 Å². The predicted octanol–water partition coefficient (Wildman–Crippen LogP) is 16.5. The number of H-pyrrole nitrogens is 2. The monoisotopic (exact) mass is 1670 g/mol. The standard InChI is InChI=1S/C33H34ClN5O3.C33H33ClN4O3.C27H26ClN3O.C4H9N/c1-4-15-36(3)33(42)31(40)27-21-39(35)29-19-28(34)26(18-25(27)29)32(41)38-17-16-37(20-22(38)2)30(23-11-7-5-8-12-23)24-13-9-6-10-14-24;1-4-15-36(3)33(41)31(39)27-20-35-29-19-28(34)26(18-25(27)29)32(40)38-17-16-37(21-22(38)2)30(23-11-7-5-8-12-23)24-13-9-6-10-14-24;1-19-18-30(26(20-8-4-2-5-9-20)21-10-6-3-7-11-21)14-15-31(19)27(32)23-16-22-12-13-29-25(22)17-24(23)28;1-3-4-5-2/h4-14,18-19,21-22,30H,1,15-17,20,35H2,2-3H3;4-14,18-20,22,30,35H,1,15-17,21H2,2-3H3;2-13,16-17,19,26,29H,14-15,18H2,1H3;3,5H,1,4H2,2H3/t2*22-;19-;/m111./s1. The Morgan fingerprint density at radius 1 is 0.442 bits per heavy atom. The Balaban J connectivity index is 0.000000162. The molecule has 3 fully saturated rings. The molecular weight excluding hydrogens is 1570 g/mol.